The molecule has 4 heteroatoms. The van der Waals surface area contributed by atoms with Gasteiger partial charge in [0, 0.05) is 37.1 Å². The van der Waals surface area contributed by atoms with E-state index in [1.54, 1.807) is 0 Å². The topological polar surface area (TPSA) is 50.5 Å². The van der Waals surface area contributed by atoms with Gasteiger partial charge in [0.15, 0.2) is 0 Å². The Balaban J connectivity index is 1.92. The molecule has 0 aliphatic carbocycles. The average Bonchev–Trinajstić information content (AvgIpc) is 2.43. The lowest BCUT2D eigenvalue weighted by Crippen LogP contribution is -2.43. The number of nitrogens with one attached hydrogen (secondary N) is 1. The zero-order chi connectivity index (χ0) is 13.7. The number of nitrogens with two attached hydrogens (primary N) is 1. The summed E-state index contributed by atoms with van der Waals surface area (Å²) in [6.07, 6.45) is 1.11. The molecule has 0 spiro atoms. The number of benzene rings is 1. The maximum Gasteiger partial charge on any atom is 0.0594 e. The van der Waals surface area contributed by atoms with E-state index in [0.29, 0.717) is 6.04 Å². The van der Waals surface area contributed by atoms with Crippen molar-refractivity contribution >= 4 is 11.4 Å². The molecule has 106 valence electrons. The quantitative estimate of drug-likeness (QED) is 0.799. The largest absolute Gasteiger partial charge is 0.399 e. The average molecular weight is 263 g/mol. The van der Waals surface area contributed by atoms with E-state index in [4.69, 9.17) is 10.5 Å². The summed E-state index contributed by atoms with van der Waals surface area (Å²) in [6, 6.07) is 6.63. The van der Waals surface area contributed by atoms with Crippen LogP contribution in [0, 0.1) is 6.92 Å². The highest BCUT2D eigenvalue weighted by atomic mass is 16.5. The van der Waals surface area contributed by atoms with Crippen molar-refractivity contribution in [2.45, 2.75) is 26.3 Å². The van der Waals surface area contributed by atoms with Gasteiger partial charge in [-0.3, -0.25) is 4.90 Å². The van der Waals surface area contributed by atoms with Crippen molar-refractivity contribution < 1.29 is 4.74 Å². The van der Waals surface area contributed by atoms with Crippen LogP contribution in [0.2, 0.25) is 0 Å². The molecule has 0 bridgehead atoms. The van der Waals surface area contributed by atoms with E-state index in [-0.39, 0.29) is 0 Å². The first kappa shape index (κ1) is 14.2. The third-order valence-electron chi connectivity index (χ3n) is 3.72. The minimum absolute atomic E-state index is 0.473. The summed E-state index contributed by atoms with van der Waals surface area (Å²) >= 11 is 0. The van der Waals surface area contributed by atoms with Gasteiger partial charge in [-0.15, -0.1) is 0 Å². The minimum Gasteiger partial charge on any atom is -0.399 e. The smallest absolute Gasteiger partial charge is 0.0594 e. The number of hydrogen-bond donors (Lipinski definition) is 2. The molecular weight excluding hydrogens is 238 g/mol. The number of ether oxygens (including phenoxy) is 1. The SMILES string of the molecule is CCC(CN1CCOCC1)Nc1ccc(N)c(C)c1. The molecule has 1 aromatic carbocycles. The van der Waals surface area contributed by atoms with E-state index in [2.05, 4.69) is 29.3 Å². The monoisotopic (exact) mass is 263 g/mol. The van der Waals surface area contributed by atoms with Crippen molar-refractivity contribution in [3.05, 3.63) is 23.8 Å². The van der Waals surface area contributed by atoms with Gasteiger partial charge in [-0.2, -0.15) is 0 Å². The molecule has 1 aliphatic rings. The third-order valence-corrected chi connectivity index (χ3v) is 3.72. The zero-order valence-corrected chi connectivity index (χ0v) is 12.0. The summed E-state index contributed by atoms with van der Waals surface area (Å²) in [4.78, 5) is 2.47. The number of aryl methyl sites for hydroxylation is 1. The number of hydrogen-bond acceptors (Lipinski definition) is 4. The summed E-state index contributed by atoms with van der Waals surface area (Å²) in [7, 11) is 0. The first-order valence-corrected chi connectivity index (χ1v) is 7.12. The van der Waals surface area contributed by atoms with Crippen molar-refractivity contribution in [3.8, 4) is 0 Å². The molecule has 3 N–H and O–H groups in total. The van der Waals surface area contributed by atoms with Crippen molar-refractivity contribution in [1.29, 1.82) is 0 Å². The van der Waals surface area contributed by atoms with Gasteiger partial charge in [0.2, 0.25) is 0 Å². The highest BCUT2D eigenvalue weighted by Crippen LogP contribution is 2.18. The van der Waals surface area contributed by atoms with E-state index in [1.165, 1.54) is 0 Å². The van der Waals surface area contributed by atoms with Gasteiger partial charge >= 0.3 is 0 Å². The van der Waals surface area contributed by atoms with Gasteiger partial charge in [0.1, 0.15) is 0 Å². The number of nitrogens with zero attached hydrogens (tertiary/aromatic N) is 1. The molecule has 1 atom stereocenters. The van der Waals surface area contributed by atoms with Gasteiger partial charge in [0.25, 0.3) is 0 Å². The molecular formula is C15H25N3O. The van der Waals surface area contributed by atoms with E-state index in [1.807, 2.05) is 13.0 Å². The normalized spacial score (nSPS) is 18.2. The van der Waals surface area contributed by atoms with E-state index >= 15 is 0 Å². The number of anilines is 2. The maximum absolute atomic E-state index is 5.85. The summed E-state index contributed by atoms with van der Waals surface area (Å²) < 4.78 is 5.39. The lowest BCUT2D eigenvalue weighted by molar-refractivity contribution is 0.0360. The summed E-state index contributed by atoms with van der Waals surface area (Å²) in [6.45, 7) is 9.14. The second-order valence-corrected chi connectivity index (χ2v) is 5.23. The highest BCUT2D eigenvalue weighted by Gasteiger charge is 2.15. The Hall–Kier alpha value is -1.26. The van der Waals surface area contributed by atoms with Crippen molar-refractivity contribution in [2.24, 2.45) is 0 Å². The van der Waals surface area contributed by atoms with E-state index in [0.717, 1.165) is 56.2 Å². The molecule has 1 saturated heterocycles. The zero-order valence-electron chi connectivity index (χ0n) is 12.0. The lowest BCUT2D eigenvalue weighted by Gasteiger charge is -2.31. The highest BCUT2D eigenvalue weighted by molar-refractivity contribution is 5.57. The molecule has 0 amide bonds. The van der Waals surface area contributed by atoms with Crippen LogP contribution < -0.4 is 11.1 Å². The molecule has 19 heavy (non-hydrogen) atoms. The Morgan fingerprint density at radius 1 is 1.37 bits per heavy atom. The second-order valence-electron chi connectivity index (χ2n) is 5.23. The lowest BCUT2D eigenvalue weighted by atomic mass is 10.1. The minimum atomic E-state index is 0.473. The second kappa shape index (κ2) is 6.78. The van der Waals surface area contributed by atoms with Crippen LogP contribution in [0.3, 0.4) is 0 Å². The van der Waals surface area contributed by atoms with Gasteiger partial charge < -0.3 is 15.8 Å². The Bertz CT molecular complexity index is 402. The van der Waals surface area contributed by atoms with Crippen molar-refractivity contribution in [3.63, 3.8) is 0 Å². The van der Waals surface area contributed by atoms with Crippen LogP contribution in [0.1, 0.15) is 18.9 Å². The van der Waals surface area contributed by atoms with Gasteiger partial charge in [-0.25, -0.2) is 0 Å². The van der Waals surface area contributed by atoms with Crippen LogP contribution in [0.5, 0.6) is 0 Å². The van der Waals surface area contributed by atoms with Crippen LogP contribution in [0.4, 0.5) is 11.4 Å². The molecule has 0 radical (unpaired) electrons. The standard InChI is InChI=1S/C15H25N3O/c1-3-13(11-18-6-8-19-9-7-18)17-14-4-5-15(16)12(2)10-14/h4-5,10,13,17H,3,6-9,11,16H2,1-2H3. The predicted molar refractivity (Wildman–Crippen MR) is 80.6 cm³/mol. The first-order chi connectivity index (χ1) is 9.19. The fourth-order valence-corrected chi connectivity index (χ4v) is 2.37. The van der Waals surface area contributed by atoms with Gasteiger partial charge in [0.05, 0.1) is 13.2 Å². The van der Waals surface area contributed by atoms with Crippen LogP contribution in [-0.4, -0.2) is 43.8 Å². The predicted octanol–water partition coefficient (Wildman–Crippen LogP) is 2.10. The fourth-order valence-electron chi connectivity index (χ4n) is 2.37. The van der Waals surface area contributed by atoms with E-state index in [9.17, 15) is 0 Å². The first-order valence-electron chi connectivity index (χ1n) is 7.12. The summed E-state index contributed by atoms with van der Waals surface area (Å²) in [5, 5.41) is 3.61. The maximum atomic E-state index is 5.85. The molecule has 4 nitrogen and oxygen atoms in total. The Morgan fingerprint density at radius 3 is 2.74 bits per heavy atom. The molecule has 1 unspecified atom stereocenters. The molecule has 0 saturated carbocycles. The summed E-state index contributed by atoms with van der Waals surface area (Å²) in [5.74, 6) is 0. The summed E-state index contributed by atoms with van der Waals surface area (Å²) in [5.41, 5.74) is 8.99. The molecule has 1 aliphatic heterocycles. The van der Waals surface area contributed by atoms with Crippen LogP contribution in [0.25, 0.3) is 0 Å². The number of morpholine rings is 1. The fraction of sp³-hybridized carbons (Fsp3) is 0.600. The Labute approximate surface area is 115 Å². The number of nitrogen functional groups attached to an aromatic ring is 1. The van der Waals surface area contributed by atoms with Gasteiger partial charge in [-0.05, 0) is 37.1 Å². The third kappa shape index (κ3) is 4.11. The van der Waals surface area contributed by atoms with Crippen LogP contribution in [0.15, 0.2) is 18.2 Å². The molecule has 1 fully saturated rings. The van der Waals surface area contributed by atoms with Crippen molar-refractivity contribution in [1.82, 2.24) is 4.90 Å². The molecule has 1 heterocycles. The van der Waals surface area contributed by atoms with Crippen LogP contribution >= 0.6 is 0 Å². The van der Waals surface area contributed by atoms with E-state index < -0.39 is 0 Å². The Morgan fingerprint density at radius 2 is 2.11 bits per heavy atom. The van der Waals surface area contributed by atoms with Crippen molar-refractivity contribution in [2.75, 3.05) is 43.9 Å². The van der Waals surface area contributed by atoms with Gasteiger partial charge in [-0.1, -0.05) is 6.92 Å². The number of rotatable bonds is 5. The van der Waals surface area contributed by atoms with Crippen LogP contribution in [-0.2, 0) is 4.74 Å². The molecule has 1 aromatic rings. The Kier molecular flexibility index (Phi) is 5.05. The molecule has 2 rings (SSSR count). The molecule has 0 aromatic heterocycles.